The summed E-state index contributed by atoms with van der Waals surface area (Å²) in [7, 11) is -2.45. The van der Waals surface area contributed by atoms with E-state index in [0.29, 0.717) is 0 Å². The van der Waals surface area contributed by atoms with Crippen LogP contribution < -0.4 is 4.72 Å². The summed E-state index contributed by atoms with van der Waals surface area (Å²) in [6, 6.07) is 5.83. The van der Waals surface area contributed by atoms with E-state index in [1.54, 1.807) is 23.8 Å². The Balaban J connectivity index is 3.34. The summed E-state index contributed by atoms with van der Waals surface area (Å²) in [4.78, 5) is 24.4. The molecule has 0 aromatic heterocycles. The summed E-state index contributed by atoms with van der Waals surface area (Å²) in [6.07, 6.45) is -6.71. The number of esters is 2. The molecule has 10 heteroatoms. The van der Waals surface area contributed by atoms with Gasteiger partial charge in [-0.1, -0.05) is 17.7 Å². The number of rotatable bonds is 7. The maximum Gasteiger partial charge on any atom is 0.418 e. The minimum Gasteiger partial charge on any atom is -0.464 e. The first-order chi connectivity index (χ1) is 12.7. The molecule has 1 aromatic rings. The molecule has 0 saturated carbocycles. The van der Waals surface area contributed by atoms with E-state index in [1.807, 2.05) is 0 Å². The molecule has 0 spiro atoms. The molecule has 1 aromatic carbocycles. The van der Waals surface area contributed by atoms with Crippen molar-refractivity contribution in [2.45, 2.75) is 63.3 Å². The van der Waals surface area contributed by atoms with E-state index in [-0.39, 0.29) is 11.5 Å². The van der Waals surface area contributed by atoms with Crippen molar-refractivity contribution in [3.8, 4) is 0 Å². The molecule has 0 fully saturated rings. The third kappa shape index (κ3) is 6.30. The van der Waals surface area contributed by atoms with Gasteiger partial charge in [0.2, 0.25) is 5.54 Å². The molecule has 1 rings (SSSR count). The van der Waals surface area contributed by atoms with E-state index in [2.05, 4.69) is 4.74 Å². The first-order valence-corrected chi connectivity index (χ1v) is 9.59. The molecule has 0 heterocycles. The number of benzene rings is 1. The summed E-state index contributed by atoms with van der Waals surface area (Å²) >= 11 is 0. The van der Waals surface area contributed by atoms with Gasteiger partial charge >= 0.3 is 18.1 Å². The molecule has 2 atom stereocenters. The fraction of sp³-hybridized carbons (Fsp3) is 0.556. The van der Waals surface area contributed by atoms with Gasteiger partial charge in [0.15, 0.2) is 0 Å². The Morgan fingerprint density at radius 2 is 1.64 bits per heavy atom. The zero-order chi connectivity index (χ0) is 21.8. The van der Waals surface area contributed by atoms with Crippen LogP contribution in [0.3, 0.4) is 0 Å². The number of hydrogen-bond donors (Lipinski definition) is 1. The van der Waals surface area contributed by atoms with Crippen molar-refractivity contribution in [1.29, 1.82) is 0 Å². The van der Waals surface area contributed by atoms with Crippen molar-refractivity contribution in [2.75, 3.05) is 6.61 Å². The van der Waals surface area contributed by atoms with Crippen LogP contribution in [0.25, 0.3) is 0 Å². The molecule has 1 N–H and O–H groups in total. The van der Waals surface area contributed by atoms with Crippen LogP contribution in [0.1, 0.15) is 39.7 Å². The average molecular weight is 423 g/mol. The minimum absolute atomic E-state index is 0.00714. The molecular weight excluding hydrogens is 399 g/mol. The van der Waals surface area contributed by atoms with Gasteiger partial charge in [-0.2, -0.15) is 13.2 Å². The largest absolute Gasteiger partial charge is 0.464 e. The fourth-order valence-corrected chi connectivity index (χ4v) is 3.24. The molecule has 158 valence electrons. The van der Waals surface area contributed by atoms with Gasteiger partial charge in [0.05, 0.1) is 17.9 Å². The summed E-state index contributed by atoms with van der Waals surface area (Å²) in [5.74, 6) is -3.04. The quantitative estimate of drug-likeness (QED) is 0.681. The maximum absolute atomic E-state index is 14.0. The maximum atomic E-state index is 14.0. The van der Waals surface area contributed by atoms with E-state index in [1.165, 1.54) is 39.8 Å². The minimum atomic E-state index is -5.28. The topological polar surface area (TPSA) is 81.7 Å². The highest BCUT2D eigenvalue weighted by Gasteiger charge is 2.64. The lowest BCUT2D eigenvalue weighted by Crippen LogP contribution is -2.64. The van der Waals surface area contributed by atoms with Crippen LogP contribution in [0.5, 0.6) is 0 Å². The van der Waals surface area contributed by atoms with E-state index in [4.69, 9.17) is 4.74 Å². The van der Waals surface area contributed by atoms with Crippen LogP contribution in [0.2, 0.25) is 0 Å². The SMILES string of the molecule is CCOC(=O)[C@@](CC(=O)OC(C)(C)C)(NS(=O)c1ccc(C)cc1)C(F)(F)F. The zero-order valence-electron chi connectivity index (χ0n) is 16.3. The first kappa shape index (κ1) is 24.1. The van der Waals surface area contributed by atoms with Gasteiger partial charge in [-0.3, -0.25) is 4.79 Å². The lowest BCUT2D eigenvalue weighted by molar-refractivity contribution is -0.215. The smallest absolute Gasteiger partial charge is 0.418 e. The summed E-state index contributed by atoms with van der Waals surface area (Å²) in [6.45, 7) is 7.14. The third-order valence-electron chi connectivity index (χ3n) is 3.44. The van der Waals surface area contributed by atoms with Crippen molar-refractivity contribution < 1.29 is 36.4 Å². The van der Waals surface area contributed by atoms with Crippen LogP contribution >= 0.6 is 0 Å². The summed E-state index contributed by atoms with van der Waals surface area (Å²) < 4.78 is 65.7. The van der Waals surface area contributed by atoms with Gasteiger partial charge in [0.1, 0.15) is 16.6 Å². The number of alkyl halides is 3. The number of halogens is 3. The van der Waals surface area contributed by atoms with Crippen LogP contribution in [0, 0.1) is 6.92 Å². The Labute approximate surface area is 164 Å². The van der Waals surface area contributed by atoms with E-state index in [9.17, 15) is 27.0 Å². The molecule has 1 unspecified atom stereocenters. The Kier molecular flexibility index (Phi) is 7.78. The Bertz CT molecular complexity index is 728. The Hall–Kier alpha value is -1.94. The van der Waals surface area contributed by atoms with Crippen molar-refractivity contribution in [2.24, 2.45) is 0 Å². The van der Waals surface area contributed by atoms with Crippen LogP contribution in [-0.4, -0.2) is 40.1 Å². The number of carbonyl (C=O) groups excluding carboxylic acids is 2. The molecule has 0 aliphatic heterocycles. The highest BCUT2D eigenvalue weighted by molar-refractivity contribution is 7.83. The van der Waals surface area contributed by atoms with E-state index < -0.39 is 46.7 Å². The Morgan fingerprint density at radius 1 is 1.11 bits per heavy atom. The van der Waals surface area contributed by atoms with Gasteiger partial charge in [0.25, 0.3) is 0 Å². The van der Waals surface area contributed by atoms with Crippen LogP contribution in [0.4, 0.5) is 13.2 Å². The van der Waals surface area contributed by atoms with Crippen molar-refractivity contribution in [3.63, 3.8) is 0 Å². The molecule has 6 nitrogen and oxygen atoms in total. The molecule has 28 heavy (non-hydrogen) atoms. The molecule has 0 saturated heterocycles. The lowest BCUT2D eigenvalue weighted by Gasteiger charge is -2.33. The van der Waals surface area contributed by atoms with Crippen molar-refractivity contribution in [3.05, 3.63) is 29.8 Å². The number of hydrogen-bond acceptors (Lipinski definition) is 5. The molecule has 0 aliphatic carbocycles. The summed E-state index contributed by atoms with van der Waals surface area (Å²) in [5.41, 5.74) is -3.79. The second-order valence-corrected chi connectivity index (χ2v) is 8.28. The molecule has 0 aliphatic rings. The zero-order valence-corrected chi connectivity index (χ0v) is 17.1. The van der Waals surface area contributed by atoms with Gasteiger partial charge in [-0.25, -0.2) is 13.7 Å². The van der Waals surface area contributed by atoms with Crippen LogP contribution in [0.15, 0.2) is 29.2 Å². The Morgan fingerprint density at radius 3 is 2.07 bits per heavy atom. The van der Waals surface area contributed by atoms with Crippen molar-refractivity contribution in [1.82, 2.24) is 4.72 Å². The van der Waals surface area contributed by atoms with Gasteiger partial charge in [0, 0.05) is 0 Å². The summed E-state index contributed by atoms with van der Waals surface area (Å²) in [5, 5.41) is 0. The normalized spacial score (nSPS) is 15.4. The standard InChI is InChI=1S/C18H24F3NO5S/c1-6-26-15(24)17(18(19,20)21,11-14(23)27-16(3,4)5)22-28(25)13-9-7-12(2)8-10-13/h7-10,22H,6,11H2,1-5H3/t17-,28?/m1/s1. The molecule has 0 radical (unpaired) electrons. The molecule has 0 amide bonds. The fourth-order valence-electron chi connectivity index (χ4n) is 2.15. The third-order valence-corrected chi connectivity index (χ3v) is 4.67. The highest BCUT2D eigenvalue weighted by Crippen LogP contribution is 2.36. The number of ether oxygens (including phenoxy) is 2. The predicted molar refractivity (Wildman–Crippen MR) is 96.6 cm³/mol. The van der Waals surface area contributed by atoms with Crippen molar-refractivity contribution >= 4 is 22.9 Å². The molecule has 0 bridgehead atoms. The molecular formula is C18H24F3NO5S. The number of carbonyl (C=O) groups is 2. The van der Waals surface area contributed by atoms with Crippen LogP contribution in [-0.2, 0) is 30.0 Å². The van der Waals surface area contributed by atoms with Gasteiger partial charge in [-0.05, 0) is 46.8 Å². The number of nitrogens with one attached hydrogen (secondary N) is 1. The van der Waals surface area contributed by atoms with E-state index >= 15 is 0 Å². The average Bonchev–Trinajstić information content (AvgIpc) is 2.51. The monoisotopic (exact) mass is 423 g/mol. The second-order valence-electron chi connectivity index (χ2n) is 7.07. The second kappa shape index (κ2) is 9.04. The first-order valence-electron chi connectivity index (χ1n) is 8.44. The highest BCUT2D eigenvalue weighted by atomic mass is 32.2. The predicted octanol–water partition coefficient (Wildman–Crippen LogP) is 3.20. The van der Waals surface area contributed by atoms with E-state index in [0.717, 1.165) is 5.56 Å². The lowest BCUT2D eigenvalue weighted by atomic mass is 9.95. The number of aryl methyl sites for hydroxylation is 1. The van der Waals surface area contributed by atoms with Gasteiger partial charge in [-0.15, -0.1) is 0 Å². The van der Waals surface area contributed by atoms with Gasteiger partial charge < -0.3 is 9.47 Å².